The second kappa shape index (κ2) is 8.53. The molecule has 26 heavy (non-hydrogen) atoms. The van der Waals surface area contributed by atoms with Crippen molar-refractivity contribution in [2.75, 3.05) is 19.5 Å². The smallest absolute Gasteiger partial charge is 0.195 e. The van der Waals surface area contributed by atoms with Crippen LogP contribution in [0.1, 0.15) is 17.3 Å². The Morgan fingerprint density at radius 3 is 2.62 bits per heavy atom. The number of ketones is 1. The highest BCUT2D eigenvalue weighted by Gasteiger charge is 2.12. The topological polar surface area (TPSA) is 66.2 Å². The highest BCUT2D eigenvalue weighted by Crippen LogP contribution is 2.26. The molecule has 0 radical (unpaired) electrons. The Morgan fingerprint density at radius 2 is 1.85 bits per heavy atom. The van der Waals surface area contributed by atoms with Gasteiger partial charge in [0.1, 0.15) is 17.8 Å². The Bertz CT molecular complexity index is 895. The number of thioether (sulfide) groups is 1. The number of benzene rings is 2. The number of hydrogen-bond donors (Lipinski definition) is 0. The Hall–Kier alpha value is -2.80. The number of ether oxygens (including phenoxy) is 2. The van der Waals surface area contributed by atoms with Crippen molar-refractivity contribution in [3.8, 4) is 17.2 Å². The average molecular weight is 369 g/mol. The van der Waals surface area contributed by atoms with Gasteiger partial charge in [-0.1, -0.05) is 36.0 Å². The van der Waals surface area contributed by atoms with E-state index in [9.17, 15) is 4.79 Å². The van der Waals surface area contributed by atoms with Gasteiger partial charge in [0.2, 0.25) is 0 Å². The number of aromatic nitrogens is 3. The molecule has 0 bridgehead atoms. The van der Waals surface area contributed by atoms with Crippen LogP contribution in [0, 0.1) is 0 Å². The standard InChI is InChI=1S/C19H19N3O3S/c1-14(23)15-7-3-5-9-17(15)25-11-12-26-19-21-20-13-22(19)16-8-4-6-10-18(16)24-2/h3-10,13H,11-12H2,1-2H3. The summed E-state index contributed by atoms with van der Waals surface area (Å²) in [5.74, 6) is 2.01. The molecule has 0 N–H and O–H groups in total. The van der Waals surface area contributed by atoms with Gasteiger partial charge in [0.15, 0.2) is 10.9 Å². The molecule has 134 valence electrons. The van der Waals surface area contributed by atoms with Crippen LogP contribution in [0.4, 0.5) is 0 Å². The first-order valence-electron chi connectivity index (χ1n) is 8.09. The SMILES string of the molecule is COc1ccccc1-n1cnnc1SCCOc1ccccc1C(C)=O. The van der Waals surface area contributed by atoms with Gasteiger partial charge in [-0.2, -0.15) is 0 Å². The summed E-state index contributed by atoms with van der Waals surface area (Å²) >= 11 is 1.53. The fourth-order valence-electron chi connectivity index (χ4n) is 2.48. The van der Waals surface area contributed by atoms with Gasteiger partial charge in [0.05, 0.1) is 25.0 Å². The second-order valence-corrected chi connectivity index (χ2v) is 6.47. The van der Waals surface area contributed by atoms with Crippen molar-refractivity contribution in [3.05, 3.63) is 60.4 Å². The van der Waals surface area contributed by atoms with Crippen LogP contribution < -0.4 is 9.47 Å². The van der Waals surface area contributed by atoms with E-state index < -0.39 is 0 Å². The van der Waals surface area contributed by atoms with Crippen LogP contribution in [-0.2, 0) is 0 Å². The van der Waals surface area contributed by atoms with Crippen molar-refractivity contribution in [2.24, 2.45) is 0 Å². The molecule has 1 heterocycles. The summed E-state index contributed by atoms with van der Waals surface area (Å²) in [5, 5.41) is 8.92. The first kappa shape index (κ1) is 18.0. The second-order valence-electron chi connectivity index (χ2n) is 5.40. The highest BCUT2D eigenvalue weighted by molar-refractivity contribution is 7.99. The van der Waals surface area contributed by atoms with Gasteiger partial charge in [0, 0.05) is 5.75 Å². The molecule has 0 amide bonds. The van der Waals surface area contributed by atoms with Gasteiger partial charge in [0.25, 0.3) is 0 Å². The lowest BCUT2D eigenvalue weighted by Gasteiger charge is -2.11. The summed E-state index contributed by atoms with van der Waals surface area (Å²) < 4.78 is 13.0. The fourth-order valence-corrected chi connectivity index (χ4v) is 3.22. The van der Waals surface area contributed by atoms with Crippen molar-refractivity contribution in [3.63, 3.8) is 0 Å². The number of Topliss-reactive ketones (excluding diaryl/α,β-unsaturated/α-hetero) is 1. The highest BCUT2D eigenvalue weighted by atomic mass is 32.2. The Kier molecular flexibility index (Phi) is 5.91. The average Bonchev–Trinajstić information content (AvgIpc) is 3.13. The van der Waals surface area contributed by atoms with Crippen LogP contribution >= 0.6 is 11.8 Å². The van der Waals surface area contributed by atoms with E-state index >= 15 is 0 Å². The van der Waals surface area contributed by atoms with Crippen molar-refractivity contribution in [1.82, 2.24) is 14.8 Å². The minimum Gasteiger partial charge on any atom is -0.495 e. The van der Waals surface area contributed by atoms with E-state index in [1.165, 1.54) is 18.7 Å². The third kappa shape index (κ3) is 4.05. The van der Waals surface area contributed by atoms with Crippen molar-refractivity contribution >= 4 is 17.5 Å². The molecule has 3 aromatic rings. The van der Waals surface area contributed by atoms with Crippen LogP contribution in [-0.4, -0.2) is 40.0 Å². The molecule has 1 aromatic heterocycles. The summed E-state index contributed by atoms with van der Waals surface area (Å²) in [6, 6.07) is 15.0. The maximum absolute atomic E-state index is 11.6. The molecule has 0 fully saturated rings. The van der Waals surface area contributed by atoms with Crippen LogP contribution in [0.25, 0.3) is 5.69 Å². The Labute approximate surface area is 156 Å². The molecule has 0 aliphatic carbocycles. The minimum absolute atomic E-state index is 0.0100. The van der Waals surface area contributed by atoms with Crippen LogP contribution in [0.5, 0.6) is 11.5 Å². The zero-order valence-electron chi connectivity index (χ0n) is 14.6. The molecule has 0 aliphatic heterocycles. The molecule has 0 atom stereocenters. The molecule has 6 nitrogen and oxygen atoms in total. The van der Waals surface area contributed by atoms with E-state index in [1.54, 1.807) is 25.6 Å². The van der Waals surface area contributed by atoms with Crippen LogP contribution in [0.15, 0.2) is 60.0 Å². The Morgan fingerprint density at radius 1 is 1.12 bits per heavy atom. The molecule has 0 saturated carbocycles. The largest absolute Gasteiger partial charge is 0.495 e. The monoisotopic (exact) mass is 369 g/mol. The number of hydrogen-bond acceptors (Lipinski definition) is 6. The molecule has 0 saturated heterocycles. The van der Waals surface area contributed by atoms with Gasteiger partial charge < -0.3 is 9.47 Å². The zero-order chi connectivity index (χ0) is 18.4. The minimum atomic E-state index is -0.0100. The Balaban J connectivity index is 1.64. The van der Waals surface area contributed by atoms with E-state index in [1.807, 2.05) is 41.0 Å². The van der Waals surface area contributed by atoms with Gasteiger partial charge >= 0.3 is 0 Å². The van der Waals surface area contributed by atoms with Crippen LogP contribution in [0.3, 0.4) is 0 Å². The summed E-state index contributed by atoms with van der Waals surface area (Å²) in [7, 11) is 1.64. The van der Waals surface area contributed by atoms with Gasteiger partial charge in [-0.15, -0.1) is 10.2 Å². The lowest BCUT2D eigenvalue weighted by molar-refractivity contribution is 0.101. The van der Waals surface area contributed by atoms with Gasteiger partial charge in [-0.05, 0) is 31.2 Å². The zero-order valence-corrected chi connectivity index (χ0v) is 15.4. The molecular formula is C19H19N3O3S. The fraction of sp³-hybridized carbons (Fsp3) is 0.211. The van der Waals surface area contributed by atoms with E-state index in [2.05, 4.69) is 10.2 Å². The quantitative estimate of drug-likeness (QED) is 0.343. The number of rotatable bonds is 8. The van der Waals surface area contributed by atoms with E-state index in [-0.39, 0.29) is 5.78 Å². The summed E-state index contributed by atoms with van der Waals surface area (Å²) in [5.41, 5.74) is 1.47. The predicted molar refractivity (Wildman–Crippen MR) is 101 cm³/mol. The molecule has 0 unspecified atom stereocenters. The first-order chi connectivity index (χ1) is 12.7. The molecular weight excluding hydrogens is 350 g/mol. The summed E-state index contributed by atoms with van der Waals surface area (Å²) in [4.78, 5) is 11.6. The van der Waals surface area contributed by atoms with Gasteiger partial charge in [-0.25, -0.2) is 0 Å². The maximum Gasteiger partial charge on any atom is 0.195 e. The third-order valence-electron chi connectivity index (χ3n) is 3.70. The van der Waals surface area contributed by atoms with E-state index in [4.69, 9.17) is 9.47 Å². The lowest BCUT2D eigenvalue weighted by atomic mass is 10.1. The summed E-state index contributed by atoms with van der Waals surface area (Å²) in [6.07, 6.45) is 1.66. The molecule has 0 aliphatic rings. The molecule has 7 heteroatoms. The normalized spacial score (nSPS) is 10.5. The first-order valence-corrected chi connectivity index (χ1v) is 9.08. The number of carbonyl (C=O) groups is 1. The predicted octanol–water partition coefficient (Wildman–Crippen LogP) is 3.65. The number of nitrogens with zero attached hydrogens (tertiary/aromatic N) is 3. The van der Waals surface area contributed by atoms with E-state index in [0.29, 0.717) is 23.7 Å². The van der Waals surface area contributed by atoms with Gasteiger partial charge in [-0.3, -0.25) is 9.36 Å². The van der Waals surface area contributed by atoms with Crippen LogP contribution in [0.2, 0.25) is 0 Å². The lowest BCUT2D eigenvalue weighted by Crippen LogP contribution is -2.05. The number of para-hydroxylation sites is 3. The number of methoxy groups -OCH3 is 1. The summed E-state index contributed by atoms with van der Waals surface area (Å²) in [6.45, 7) is 1.99. The molecule has 3 rings (SSSR count). The van der Waals surface area contributed by atoms with Crippen molar-refractivity contribution in [1.29, 1.82) is 0 Å². The van der Waals surface area contributed by atoms with Crippen molar-refractivity contribution < 1.29 is 14.3 Å². The molecule has 2 aromatic carbocycles. The van der Waals surface area contributed by atoms with E-state index in [0.717, 1.165) is 16.6 Å². The third-order valence-corrected chi connectivity index (χ3v) is 4.61. The number of carbonyl (C=O) groups excluding carboxylic acids is 1. The van der Waals surface area contributed by atoms with Crippen molar-refractivity contribution in [2.45, 2.75) is 12.1 Å². The molecule has 0 spiro atoms. The maximum atomic E-state index is 11.6.